The van der Waals surface area contributed by atoms with E-state index in [2.05, 4.69) is 0 Å². The zero-order valence-electron chi connectivity index (χ0n) is 8.00. The first-order valence-electron chi connectivity index (χ1n) is 4.75. The maximum absolute atomic E-state index is 13.4. The second-order valence-corrected chi connectivity index (χ2v) is 5.14. The fraction of sp³-hybridized carbons (Fsp3) is 0.364. The van der Waals surface area contributed by atoms with Crippen LogP contribution in [0, 0.1) is 11.7 Å². The van der Waals surface area contributed by atoms with Gasteiger partial charge in [0.05, 0.1) is 5.56 Å². The second-order valence-electron chi connectivity index (χ2n) is 3.55. The molecule has 0 N–H and O–H groups in total. The molecule has 1 aliphatic heterocycles. The third kappa shape index (κ3) is 2.34. The van der Waals surface area contributed by atoms with E-state index in [0.29, 0.717) is 5.02 Å². The average molecular weight is 245 g/mol. The number of carbonyl (C=O) groups is 1. The Morgan fingerprint density at radius 2 is 2.33 bits per heavy atom. The molecule has 0 aliphatic carbocycles. The lowest BCUT2D eigenvalue weighted by molar-refractivity contribution is 0.0929. The summed E-state index contributed by atoms with van der Waals surface area (Å²) >= 11 is 7.37. The maximum atomic E-state index is 13.4. The minimum atomic E-state index is -0.510. The quantitative estimate of drug-likeness (QED) is 0.742. The molecule has 0 aromatic heterocycles. The monoisotopic (exact) mass is 244 g/mol. The molecule has 1 nitrogen and oxygen atoms in total. The number of benzene rings is 1. The van der Waals surface area contributed by atoms with Crippen molar-refractivity contribution in [3.05, 3.63) is 34.6 Å². The predicted octanol–water partition coefficient (Wildman–Crippen LogP) is 3.41. The van der Waals surface area contributed by atoms with Gasteiger partial charge in [0, 0.05) is 16.7 Å². The first kappa shape index (κ1) is 11.0. The largest absolute Gasteiger partial charge is 0.294 e. The van der Waals surface area contributed by atoms with Gasteiger partial charge in [-0.1, -0.05) is 11.6 Å². The number of hydrogen-bond donors (Lipinski definition) is 0. The van der Waals surface area contributed by atoms with Crippen LogP contribution in [0.15, 0.2) is 18.2 Å². The molecule has 1 heterocycles. The highest BCUT2D eigenvalue weighted by molar-refractivity contribution is 7.99. The molecule has 1 aromatic carbocycles. The number of hydrogen-bond acceptors (Lipinski definition) is 2. The van der Waals surface area contributed by atoms with Crippen molar-refractivity contribution in [1.82, 2.24) is 0 Å². The van der Waals surface area contributed by atoms with E-state index in [4.69, 9.17) is 11.6 Å². The van der Waals surface area contributed by atoms with Crippen molar-refractivity contribution < 1.29 is 9.18 Å². The summed E-state index contributed by atoms with van der Waals surface area (Å²) < 4.78 is 13.4. The summed E-state index contributed by atoms with van der Waals surface area (Å²) in [6, 6.07) is 4.22. The van der Waals surface area contributed by atoms with Gasteiger partial charge in [-0.25, -0.2) is 4.39 Å². The molecule has 1 aliphatic rings. The minimum Gasteiger partial charge on any atom is -0.294 e. The standard InChI is InChI=1S/C11H10ClFOS/c12-8-1-2-9(10(13)5-8)11(14)7-3-4-15-6-7/h1-2,5,7H,3-4,6H2. The molecular weight excluding hydrogens is 235 g/mol. The van der Waals surface area contributed by atoms with Gasteiger partial charge in [0.2, 0.25) is 0 Å². The van der Waals surface area contributed by atoms with Crippen LogP contribution in [0.5, 0.6) is 0 Å². The Balaban J connectivity index is 2.24. The summed E-state index contributed by atoms with van der Waals surface area (Å²) in [5.74, 6) is 1.18. The molecular formula is C11H10ClFOS. The van der Waals surface area contributed by atoms with E-state index in [1.165, 1.54) is 12.1 Å². The summed E-state index contributed by atoms with van der Waals surface area (Å²) in [6.07, 6.45) is 0.853. The predicted molar refractivity (Wildman–Crippen MR) is 61.2 cm³/mol. The van der Waals surface area contributed by atoms with Crippen LogP contribution in [0.25, 0.3) is 0 Å². The molecule has 1 saturated heterocycles. The van der Waals surface area contributed by atoms with Crippen molar-refractivity contribution in [2.45, 2.75) is 6.42 Å². The van der Waals surface area contributed by atoms with Crippen LogP contribution >= 0.6 is 23.4 Å². The lowest BCUT2D eigenvalue weighted by Gasteiger charge is -2.07. The van der Waals surface area contributed by atoms with E-state index in [-0.39, 0.29) is 17.3 Å². The highest BCUT2D eigenvalue weighted by atomic mass is 35.5. The van der Waals surface area contributed by atoms with E-state index in [9.17, 15) is 9.18 Å². The molecule has 1 aromatic rings. The van der Waals surface area contributed by atoms with Crippen molar-refractivity contribution in [2.24, 2.45) is 5.92 Å². The summed E-state index contributed by atoms with van der Waals surface area (Å²) in [5, 5.41) is 0.324. The fourth-order valence-electron chi connectivity index (χ4n) is 1.65. The molecule has 2 rings (SSSR count). The summed E-state index contributed by atoms with van der Waals surface area (Å²) in [4.78, 5) is 11.9. The van der Waals surface area contributed by atoms with Crippen molar-refractivity contribution in [1.29, 1.82) is 0 Å². The van der Waals surface area contributed by atoms with Crippen LogP contribution in [-0.4, -0.2) is 17.3 Å². The van der Waals surface area contributed by atoms with E-state index in [1.54, 1.807) is 17.8 Å². The first-order valence-corrected chi connectivity index (χ1v) is 6.29. The molecule has 0 amide bonds. The average Bonchev–Trinajstić information content (AvgIpc) is 2.69. The molecule has 0 radical (unpaired) electrons. The van der Waals surface area contributed by atoms with Gasteiger partial charge in [-0.3, -0.25) is 4.79 Å². The zero-order chi connectivity index (χ0) is 10.8. The van der Waals surface area contributed by atoms with Gasteiger partial charge < -0.3 is 0 Å². The Labute approximate surface area is 97.0 Å². The van der Waals surface area contributed by atoms with Gasteiger partial charge in [0.25, 0.3) is 0 Å². The van der Waals surface area contributed by atoms with Crippen LogP contribution in [0.4, 0.5) is 4.39 Å². The Bertz CT molecular complexity index is 388. The normalized spacial score (nSPS) is 20.5. The topological polar surface area (TPSA) is 17.1 Å². The fourth-order valence-corrected chi connectivity index (χ4v) is 3.03. The molecule has 1 fully saturated rings. The smallest absolute Gasteiger partial charge is 0.169 e. The maximum Gasteiger partial charge on any atom is 0.169 e. The van der Waals surface area contributed by atoms with Crippen molar-refractivity contribution >= 4 is 29.1 Å². The molecule has 0 bridgehead atoms. The lowest BCUT2D eigenvalue weighted by Crippen LogP contribution is -2.15. The molecule has 80 valence electrons. The van der Waals surface area contributed by atoms with Gasteiger partial charge in [-0.2, -0.15) is 11.8 Å². The number of Topliss-reactive ketones (excluding diaryl/α,β-unsaturated/α-hetero) is 1. The van der Waals surface area contributed by atoms with E-state index >= 15 is 0 Å². The lowest BCUT2D eigenvalue weighted by atomic mass is 9.97. The minimum absolute atomic E-state index is 0.0225. The zero-order valence-corrected chi connectivity index (χ0v) is 9.58. The van der Waals surface area contributed by atoms with E-state index in [1.807, 2.05) is 0 Å². The van der Waals surface area contributed by atoms with Gasteiger partial charge in [0.1, 0.15) is 5.82 Å². The molecule has 15 heavy (non-hydrogen) atoms. The van der Waals surface area contributed by atoms with Crippen molar-refractivity contribution in [2.75, 3.05) is 11.5 Å². The molecule has 4 heteroatoms. The summed E-state index contributed by atoms with van der Waals surface area (Å²) in [6.45, 7) is 0. The Morgan fingerprint density at radius 3 is 2.93 bits per heavy atom. The van der Waals surface area contributed by atoms with Crippen LogP contribution in [0.1, 0.15) is 16.8 Å². The molecule has 1 atom stereocenters. The van der Waals surface area contributed by atoms with Crippen LogP contribution in [0.2, 0.25) is 5.02 Å². The van der Waals surface area contributed by atoms with E-state index < -0.39 is 5.82 Å². The van der Waals surface area contributed by atoms with Crippen molar-refractivity contribution in [3.8, 4) is 0 Å². The van der Waals surface area contributed by atoms with Crippen molar-refractivity contribution in [3.63, 3.8) is 0 Å². The number of thioether (sulfide) groups is 1. The van der Waals surface area contributed by atoms with Crippen LogP contribution in [0.3, 0.4) is 0 Å². The third-order valence-electron chi connectivity index (χ3n) is 2.50. The highest BCUT2D eigenvalue weighted by Crippen LogP contribution is 2.28. The van der Waals surface area contributed by atoms with Crippen LogP contribution < -0.4 is 0 Å². The van der Waals surface area contributed by atoms with E-state index in [0.717, 1.165) is 17.9 Å². The van der Waals surface area contributed by atoms with Crippen LogP contribution in [-0.2, 0) is 0 Å². The summed E-state index contributed by atoms with van der Waals surface area (Å²) in [7, 11) is 0. The molecule has 1 unspecified atom stereocenters. The van der Waals surface area contributed by atoms with Gasteiger partial charge >= 0.3 is 0 Å². The first-order chi connectivity index (χ1) is 7.18. The van der Waals surface area contributed by atoms with Gasteiger partial charge in [0.15, 0.2) is 5.78 Å². The Kier molecular flexibility index (Phi) is 3.32. The Morgan fingerprint density at radius 1 is 1.53 bits per heavy atom. The number of halogens is 2. The molecule has 0 saturated carbocycles. The molecule has 0 spiro atoms. The number of carbonyl (C=O) groups excluding carboxylic acids is 1. The SMILES string of the molecule is O=C(c1ccc(Cl)cc1F)C1CCSC1. The second kappa shape index (κ2) is 4.54. The highest BCUT2D eigenvalue weighted by Gasteiger charge is 2.26. The number of rotatable bonds is 2. The Hall–Kier alpha value is -0.540. The summed E-state index contributed by atoms with van der Waals surface area (Å²) in [5.41, 5.74) is 0.173. The van der Waals surface area contributed by atoms with Gasteiger partial charge in [-0.15, -0.1) is 0 Å². The number of ketones is 1. The third-order valence-corrected chi connectivity index (χ3v) is 3.89. The van der Waals surface area contributed by atoms with Gasteiger partial charge in [-0.05, 0) is 30.4 Å².